The van der Waals surface area contributed by atoms with Crippen molar-refractivity contribution < 1.29 is 13.2 Å². The smallest absolute Gasteiger partial charge is 0.257 e. The molecule has 29 heavy (non-hydrogen) atoms. The Kier molecular flexibility index (Phi) is 6.11. The highest BCUT2D eigenvalue weighted by atomic mass is 32.2. The van der Waals surface area contributed by atoms with E-state index in [1.54, 1.807) is 32.2 Å². The van der Waals surface area contributed by atoms with Crippen molar-refractivity contribution in [2.45, 2.75) is 30.4 Å². The molecule has 0 fully saturated rings. The number of hydrogen-bond acceptors (Lipinski definition) is 6. The maximum Gasteiger partial charge on any atom is 0.257 e. The summed E-state index contributed by atoms with van der Waals surface area (Å²) in [5, 5.41) is 11.5. The van der Waals surface area contributed by atoms with Crippen LogP contribution in [0.25, 0.3) is 0 Å². The molecule has 0 aliphatic carbocycles. The number of anilines is 1. The van der Waals surface area contributed by atoms with Crippen LogP contribution in [0.5, 0.6) is 0 Å². The number of aromatic nitrogens is 1. The second-order valence-electron chi connectivity index (χ2n) is 6.69. The van der Waals surface area contributed by atoms with Crippen LogP contribution in [0.1, 0.15) is 40.2 Å². The van der Waals surface area contributed by atoms with Gasteiger partial charge in [0.1, 0.15) is 0 Å². The summed E-state index contributed by atoms with van der Waals surface area (Å²) in [6.45, 7) is 3.24. The van der Waals surface area contributed by atoms with Gasteiger partial charge in [-0.3, -0.25) is 10.1 Å². The Morgan fingerprint density at radius 3 is 2.38 bits per heavy atom. The molecule has 3 rings (SSSR count). The second-order valence-corrected chi connectivity index (χ2v) is 10.3. The van der Waals surface area contributed by atoms with Gasteiger partial charge in [0.25, 0.3) is 5.91 Å². The summed E-state index contributed by atoms with van der Waals surface area (Å²) in [5.74, 6) is -0.349. The second kappa shape index (κ2) is 8.55. The minimum atomic E-state index is -3.37. The molecule has 1 aromatic heterocycles. The summed E-state index contributed by atoms with van der Waals surface area (Å²) in [4.78, 5) is 17.8. The van der Waals surface area contributed by atoms with Crippen LogP contribution in [0.4, 0.5) is 5.13 Å². The molecule has 0 aliphatic heterocycles. The van der Waals surface area contributed by atoms with Crippen molar-refractivity contribution in [1.82, 2.24) is 4.98 Å². The first-order valence-electron chi connectivity index (χ1n) is 8.88. The first-order valence-corrected chi connectivity index (χ1v) is 11.2. The maximum atomic E-state index is 12.4. The van der Waals surface area contributed by atoms with Gasteiger partial charge in [-0.1, -0.05) is 12.1 Å². The molecule has 2 aromatic carbocycles. The minimum absolute atomic E-state index is 0.197. The molecule has 6 nitrogen and oxygen atoms in total. The van der Waals surface area contributed by atoms with Gasteiger partial charge >= 0.3 is 0 Å². The monoisotopic (exact) mass is 425 g/mol. The van der Waals surface area contributed by atoms with Gasteiger partial charge in [0.15, 0.2) is 15.0 Å². The molecule has 0 atom stereocenters. The van der Waals surface area contributed by atoms with Crippen molar-refractivity contribution in [3.8, 4) is 6.07 Å². The lowest BCUT2D eigenvalue weighted by molar-refractivity contribution is 0.102. The molecular weight excluding hydrogens is 406 g/mol. The molecule has 0 aliphatic rings. The molecule has 0 unspecified atom stereocenters. The topological polar surface area (TPSA) is 99.9 Å². The lowest BCUT2D eigenvalue weighted by Gasteiger charge is -2.08. The van der Waals surface area contributed by atoms with Gasteiger partial charge in [-0.2, -0.15) is 5.26 Å². The third-order valence-corrected chi connectivity index (χ3v) is 7.38. The van der Waals surface area contributed by atoms with Crippen molar-refractivity contribution in [2.75, 3.05) is 5.32 Å². The highest BCUT2D eigenvalue weighted by Crippen LogP contribution is 2.22. The van der Waals surface area contributed by atoms with E-state index in [1.165, 1.54) is 35.6 Å². The van der Waals surface area contributed by atoms with E-state index in [2.05, 4.69) is 16.4 Å². The lowest BCUT2D eigenvalue weighted by atomic mass is 10.1. The summed E-state index contributed by atoms with van der Waals surface area (Å²) >= 11 is 1.37. The Morgan fingerprint density at radius 1 is 1.14 bits per heavy atom. The molecule has 3 aromatic rings. The fraction of sp³-hybridized carbons (Fsp3) is 0.190. The third kappa shape index (κ3) is 4.88. The number of benzene rings is 2. The van der Waals surface area contributed by atoms with Crippen LogP contribution in [-0.4, -0.2) is 24.6 Å². The van der Waals surface area contributed by atoms with E-state index >= 15 is 0 Å². The predicted octanol–water partition coefficient (Wildman–Crippen LogP) is 4.04. The number of amides is 1. The first kappa shape index (κ1) is 20.7. The Balaban J connectivity index is 1.66. The molecule has 1 amide bonds. The number of thiazole rings is 1. The van der Waals surface area contributed by atoms with Crippen molar-refractivity contribution in [3.05, 3.63) is 76.3 Å². The molecule has 0 saturated carbocycles. The van der Waals surface area contributed by atoms with Crippen molar-refractivity contribution in [2.24, 2.45) is 0 Å². The molecule has 1 heterocycles. The van der Waals surface area contributed by atoms with Gasteiger partial charge in [-0.25, -0.2) is 13.4 Å². The molecule has 0 spiro atoms. The van der Waals surface area contributed by atoms with E-state index in [4.69, 9.17) is 5.26 Å². The van der Waals surface area contributed by atoms with Gasteiger partial charge in [-0.15, -0.1) is 11.3 Å². The Morgan fingerprint density at radius 2 is 1.79 bits per heavy atom. The molecule has 0 radical (unpaired) electrons. The van der Waals surface area contributed by atoms with Crippen LogP contribution in [-0.2, 0) is 16.3 Å². The van der Waals surface area contributed by atoms with E-state index in [0.29, 0.717) is 22.7 Å². The van der Waals surface area contributed by atoms with Gasteiger partial charge < -0.3 is 0 Å². The first-order chi connectivity index (χ1) is 13.8. The number of nitrogens with zero attached hydrogens (tertiary/aromatic N) is 2. The Hall–Kier alpha value is -3.02. The van der Waals surface area contributed by atoms with Crippen molar-refractivity contribution in [3.63, 3.8) is 0 Å². The average molecular weight is 426 g/mol. The van der Waals surface area contributed by atoms with Gasteiger partial charge in [0.05, 0.1) is 21.8 Å². The normalized spacial score (nSPS) is 11.2. The number of hydrogen-bond donors (Lipinski definition) is 1. The van der Waals surface area contributed by atoms with Crippen LogP contribution in [0, 0.1) is 11.3 Å². The van der Waals surface area contributed by atoms with Gasteiger partial charge in [0.2, 0.25) is 0 Å². The standard InChI is InChI=1S/C21H19N3O3S2/c1-14(2)29(26,27)19-9-7-17(8-10-19)20(25)24-21-23-13-18(28-21)11-15-3-5-16(12-22)6-4-15/h3-10,13-14H,11H2,1-2H3,(H,23,24,25). The summed E-state index contributed by atoms with van der Waals surface area (Å²) in [6.07, 6.45) is 2.36. The van der Waals surface area contributed by atoms with E-state index in [0.717, 1.165) is 10.4 Å². The SMILES string of the molecule is CC(C)S(=O)(=O)c1ccc(C(=O)Nc2ncc(Cc3ccc(C#N)cc3)s2)cc1. The summed E-state index contributed by atoms with van der Waals surface area (Å²) in [6, 6.07) is 15.3. The van der Waals surface area contributed by atoms with Gasteiger partial charge in [-0.05, 0) is 55.8 Å². The van der Waals surface area contributed by atoms with Crippen LogP contribution in [0.2, 0.25) is 0 Å². The highest BCUT2D eigenvalue weighted by Gasteiger charge is 2.19. The van der Waals surface area contributed by atoms with Crippen LogP contribution >= 0.6 is 11.3 Å². The molecule has 0 saturated heterocycles. The van der Waals surface area contributed by atoms with E-state index in [-0.39, 0.29) is 10.8 Å². The maximum absolute atomic E-state index is 12.4. The number of nitrogens with one attached hydrogen (secondary N) is 1. The zero-order chi connectivity index (χ0) is 21.0. The van der Waals surface area contributed by atoms with Crippen LogP contribution in [0.15, 0.2) is 59.6 Å². The van der Waals surface area contributed by atoms with Crippen molar-refractivity contribution in [1.29, 1.82) is 5.26 Å². The molecule has 0 bridgehead atoms. The molecule has 8 heteroatoms. The number of rotatable bonds is 6. The number of carbonyl (C=O) groups excluding carboxylic acids is 1. The number of carbonyl (C=O) groups is 1. The fourth-order valence-electron chi connectivity index (χ4n) is 2.58. The number of sulfone groups is 1. The van der Waals surface area contributed by atoms with E-state index in [1.807, 2.05) is 12.1 Å². The van der Waals surface area contributed by atoms with E-state index < -0.39 is 15.1 Å². The fourth-order valence-corrected chi connectivity index (χ4v) is 4.48. The van der Waals surface area contributed by atoms with E-state index in [9.17, 15) is 13.2 Å². The number of nitriles is 1. The minimum Gasteiger partial charge on any atom is -0.298 e. The average Bonchev–Trinajstić information content (AvgIpc) is 3.15. The summed E-state index contributed by atoms with van der Waals surface area (Å²) in [5.41, 5.74) is 2.02. The summed E-state index contributed by atoms with van der Waals surface area (Å²) in [7, 11) is -3.37. The third-order valence-electron chi connectivity index (χ3n) is 4.30. The Labute approximate surface area is 173 Å². The quantitative estimate of drug-likeness (QED) is 0.642. The van der Waals surface area contributed by atoms with Crippen LogP contribution in [0.3, 0.4) is 0 Å². The summed E-state index contributed by atoms with van der Waals surface area (Å²) < 4.78 is 24.3. The lowest BCUT2D eigenvalue weighted by Crippen LogP contribution is -2.15. The largest absolute Gasteiger partial charge is 0.298 e. The van der Waals surface area contributed by atoms with Crippen LogP contribution < -0.4 is 5.32 Å². The predicted molar refractivity (Wildman–Crippen MR) is 113 cm³/mol. The molecule has 1 N–H and O–H groups in total. The zero-order valence-corrected chi connectivity index (χ0v) is 17.5. The zero-order valence-electron chi connectivity index (χ0n) is 15.9. The molecular formula is C21H19N3O3S2. The highest BCUT2D eigenvalue weighted by molar-refractivity contribution is 7.92. The van der Waals surface area contributed by atoms with Crippen molar-refractivity contribution >= 4 is 32.2 Å². The molecule has 148 valence electrons. The Bertz CT molecular complexity index is 1160. The van der Waals surface area contributed by atoms with Gasteiger partial charge in [0, 0.05) is 23.1 Å².